The topological polar surface area (TPSA) is 90.1 Å². The first kappa shape index (κ1) is 20.6. The number of ether oxygens (including phenoxy) is 1. The summed E-state index contributed by atoms with van der Waals surface area (Å²) < 4.78 is 11.9. The number of carbonyl (C=O) groups excluding carboxylic acids is 1. The van der Waals surface area contributed by atoms with Crippen LogP contribution >= 0.6 is 34.4 Å². The summed E-state index contributed by atoms with van der Waals surface area (Å²) >= 11 is 4.66. The summed E-state index contributed by atoms with van der Waals surface area (Å²) in [6, 6.07) is 11.2. The molecule has 4 rings (SSSR count). The Labute approximate surface area is 185 Å². The van der Waals surface area contributed by atoms with Crippen molar-refractivity contribution in [2.75, 3.05) is 5.32 Å². The molecule has 4 aromatic rings. The number of nitrogens with one attached hydrogen (secondary N) is 1. The van der Waals surface area contributed by atoms with E-state index < -0.39 is 0 Å². The molecule has 0 unspecified atom stereocenters. The number of nitrogens with zero attached hydrogens (tertiary/aromatic N) is 3. The predicted molar refractivity (Wildman–Crippen MR) is 118 cm³/mol. The average molecular weight is 459 g/mol. The summed E-state index contributed by atoms with van der Waals surface area (Å²) in [5.41, 5.74) is 2.07. The van der Waals surface area contributed by atoms with Gasteiger partial charge < -0.3 is 9.26 Å². The van der Waals surface area contributed by atoms with Crippen LogP contribution in [-0.4, -0.2) is 21.3 Å². The fraction of sp³-hybridized carbons (Fsp3) is 0.200. The molecule has 3 heterocycles. The molecular weight excluding hydrogens is 440 g/mol. The number of hydrogen-bond acceptors (Lipinski definition) is 9. The van der Waals surface area contributed by atoms with Gasteiger partial charge in [-0.3, -0.25) is 10.1 Å². The van der Waals surface area contributed by atoms with E-state index in [0.29, 0.717) is 22.2 Å². The molecule has 0 aliphatic carbocycles. The minimum absolute atomic E-state index is 0.272. The summed E-state index contributed by atoms with van der Waals surface area (Å²) in [6.07, 6.45) is 0. The molecule has 1 aromatic carbocycles. The number of thioether (sulfide) groups is 1. The third-order valence-electron chi connectivity index (χ3n) is 4.23. The number of hydrogen-bond donors (Lipinski definition) is 1. The highest BCUT2D eigenvalue weighted by Crippen LogP contribution is 2.30. The van der Waals surface area contributed by atoms with Crippen LogP contribution in [0.3, 0.4) is 0 Å². The molecule has 0 bridgehead atoms. The van der Waals surface area contributed by atoms with E-state index in [1.165, 1.54) is 16.2 Å². The smallest absolute Gasteiger partial charge is 0.261 e. The number of para-hydroxylation sites is 1. The van der Waals surface area contributed by atoms with Gasteiger partial charge in [0.15, 0.2) is 4.34 Å². The highest BCUT2D eigenvalue weighted by molar-refractivity contribution is 8.00. The molecule has 0 spiro atoms. The standard InChI is InChI=1S/C20H18N4O3S3/c1-12-16(13(2)27-24-12)10-26-17-8-4-3-7-15(17)18(25)21-19-22-23-20(30-19)29-11-14-6-5-9-28-14/h3-9H,10-11H2,1-2H3,(H,21,22,25). The number of thiophene rings is 1. The van der Waals surface area contributed by atoms with Gasteiger partial charge in [0.05, 0.1) is 16.8 Å². The van der Waals surface area contributed by atoms with E-state index in [1.807, 2.05) is 31.4 Å². The SMILES string of the molecule is Cc1noc(C)c1COc1ccccc1C(=O)Nc1nnc(SCc2cccs2)s1. The van der Waals surface area contributed by atoms with Gasteiger partial charge in [0, 0.05) is 10.6 Å². The van der Waals surface area contributed by atoms with E-state index in [4.69, 9.17) is 9.26 Å². The van der Waals surface area contributed by atoms with Gasteiger partial charge in [-0.25, -0.2) is 0 Å². The number of amides is 1. The Bertz CT molecular complexity index is 1120. The summed E-state index contributed by atoms with van der Waals surface area (Å²) in [6.45, 7) is 3.96. The van der Waals surface area contributed by atoms with Gasteiger partial charge in [-0.05, 0) is 37.4 Å². The maximum Gasteiger partial charge on any atom is 0.261 e. The number of benzene rings is 1. The van der Waals surface area contributed by atoms with E-state index >= 15 is 0 Å². The molecule has 0 fully saturated rings. The van der Waals surface area contributed by atoms with Crippen LogP contribution in [0.5, 0.6) is 5.75 Å². The molecule has 0 saturated carbocycles. The van der Waals surface area contributed by atoms with Crippen LogP contribution in [0, 0.1) is 13.8 Å². The fourth-order valence-corrected chi connectivity index (χ4v) is 5.17. The lowest BCUT2D eigenvalue weighted by Gasteiger charge is -2.10. The Morgan fingerprint density at radius 1 is 1.20 bits per heavy atom. The molecule has 10 heteroatoms. The van der Waals surface area contributed by atoms with Crippen LogP contribution in [-0.2, 0) is 12.4 Å². The second kappa shape index (κ2) is 9.41. The second-order valence-corrected chi connectivity index (χ2v) is 9.52. The second-order valence-electron chi connectivity index (χ2n) is 6.28. The van der Waals surface area contributed by atoms with Gasteiger partial charge in [-0.2, -0.15) is 0 Å². The minimum atomic E-state index is -0.296. The Hall–Kier alpha value is -2.69. The summed E-state index contributed by atoms with van der Waals surface area (Å²) in [5.74, 6) is 1.72. The molecule has 1 amide bonds. The molecular formula is C20H18N4O3S3. The number of aryl methyl sites for hydroxylation is 2. The molecule has 0 atom stereocenters. The Kier molecular flexibility index (Phi) is 6.46. The van der Waals surface area contributed by atoms with Crippen molar-refractivity contribution in [2.45, 2.75) is 30.5 Å². The minimum Gasteiger partial charge on any atom is -0.488 e. The maximum absolute atomic E-state index is 12.8. The molecule has 0 aliphatic rings. The van der Waals surface area contributed by atoms with Crippen LogP contribution in [0.25, 0.3) is 0 Å². The zero-order valence-corrected chi connectivity index (χ0v) is 18.7. The lowest BCUT2D eigenvalue weighted by atomic mass is 10.2. The van der Waals surface area contributed by atoms with Gasteiger partial charge >= 0.3 is 0 Å². The molecule has 0 aliphatic heterocycles. The zero-order valence-electron chi connectivity index (χ0n) is 16.2. The van der Waals surface area contributed by atoms with Crippen LogP contribution in [0.2, 0.25) is 0 Å². The van der Waals surface area contributed by atoms with Crippen LogP contribution in [0.1, 0.15) is 32.3 Å². The monoisotopic (exact) mass is 458 g/mol. The van der Waals surface area contributed by atoms with Crippen molar-refractivity contribution < 1.29 is 14.1 Å². The predicted octanol–water partition coefficient (Wildman–Crippen LogP) is 5.33. The Morgan fingerprint density at radius 2 is 2.07 bits per heavy atom. The van der Waals surface area contributed by atoms with Crippen LogP contribution in [0.4, 0.5) is 5.13 Å². The fourth-order valence-electron chi connectivity index (χ4n) is 2.65. The third kappa shape index (κ3) is 4.89. The lowest BCUT2D eigenvalue weighted by molar-refractivity contribution is 0.102. The average Bonchev–Trinajstić information content (AvgIpc) is 3.48. The molecule has 0 radical (unpaired) electrons. The summed E-state index contributed by atoms with van der Waals surface area (Å²) in [7, 11) is 0. The third-order valence-corrected chi connectivity index (χ3v) is 7.31. The van der Waals surface area contributed by atoms with E-state index in [0.717, 1.165) is 21.3 Å². The molecule has 154 valence electrons. The first-order valence-corrected chi connectivity index (χ1v) is 11.7. The van der Waals surface area contributed by atoms with Gasteiger partial charge in [0.1, 0.15) is 18.1 Å². The van der Waals surface area contributed by atoms with E-state index in [2.05, 4.69) is 26.7 Å². The highest BCUT2D eigenvalue weighted by Gasteiger charge is 2.17. The highest BCUT2D eigenvalue weighted by atomic mass is 32.2. The molecule has 1 N–H and O–H groups in total. The van der Waals surface area contributed by atoms with Crippen molar-refractivity contribution >= 4 is 45.5 Å². The number of aromatic nitrogens is 3. The van der Waals surface area contributed by atoms with Crippen molar-refractivity contribution in [3.63, 3.8) is 0 Å². The van der Waals surface area contributed by atoms with Crippen molar-refractivity contribution in [3.8, 4) is 5.75 Å². The zero-order chi connectivity index (χ0) is 20.9. The molecule has 3 aromatic heterocycles. The number of anilines is 1. The van der Waals surface area contributed by atoms with Crippen LogP contribution < -0.4 is 10.1 Å². The van der Waals surface area contributed by atoms with Gasteiger partial charge in [0.2, 0.25) is 5.13 Å². The van der Waals surface area contributed by atoms with E-state index in [9.17, 15) is 4.79 Å². The van der Waals surface area contributed by atoms with Crippen molar-refractivity contribution in [1.82, 2.24) is 15.4 Å². The number of rotatable bonds is 8. The largest absolute Gasteiger partial charge is 0.488 e. The van der Waals surface area contributed by atoms with Crippen LogP contribution in [0.15, 0.2) is 50.6 Å². The molecule has 7 nitrogen and oxygen atoms in total. The van der Waals surface area contributed by atoms with E-state index in [-0.39, 0.29) is 12.5 Å². The lowest BCUT2D eigenvalue weighted by Crippen LogP contribution is -2.13. The van der Waals surface area contributed by atoms with E-state index in [1.54, 1.807) is 41.3 Å². The summed E-state index contributed by atoms with van der Waals surface area (Å²) in [4.78, 5) is 14.1. The van der Waals surface area contributed by atoms with Crippen molar-refractivity contribution in [2.24, 2.45) is 0 Å². The Balaban J connectivity index is 1.40. The molecule has 30 heavy (non-hydrogen) atoms. The van der Waals surface area contributed by atoms with Crippen molar-refractivity contribution in [3.05, 3.63) is 69.2 Å². The number of carbonyl (C=O) groups is 1. The van der Waals surface area contributed by atoms with Gasteiger partial charge in [-0.1, -0.05) is 46.5 Å². The Morgan fingerprint density at radius 3 is 2.83 bits per heavy atom. The summed E-state index contributed by atoms with van der Waals surface area (Å²) in [5, 5.41) is 17.5. The normalized spacial score (nSPS) is 10.9. The molecule has 0 saturated heterocycles. The van der Waals surface area contributed by atoms with Gasteiger partial charge in [-0.15, -0.1) is 21.5 Å². The quantitative estimate of drug-likeness (QED) is 0.282. The van der Waals surface area contributed by atoms with Gasteiger partial charge in [0.25, 0.3) is 5.91 Å². The first-order valence-electron chi connectivity index (χ1n) is 9.04. The first-order chi connectivity index (χ1) is 14.6. The van der Waals surface area contributed by atoms with Crippen molar-refractivity contribution in [1.29, 1.82) is 0 Å². The maximum atomic E-state index is 12.8.